The molecule has 0 saturated carbocycles. The monoisotopic (exact) mass is 396 g/mol. The fourth-order valence-electron chi connectivity index (χ4n) is 4.87. The number of aromatic nitrogens is 3. The van der Waals surface area contributed by atoms with Crippen LogP contribution < -0.4 is 0 Å². The minimum atomic E-state index is -0.607. The highest BCUT2D eigenvalue weighted by Crippen LogP contribution is 2.41. The van der Waals surface area contributed by atoms with Gasteiger partial charge >= 0.3 is 0 Å². The van der Waals surface area contributed by atoms with E-state index < -0.39 is 6.10 Å². The van der Waals surface area contributed by atoms with E-state index in [9.17, 15) is 5.11 Å². The number of nitrogens with zero attached hydrogens (tertiary/aromatic N) is 4. The topological polar surface area (TPSA) is 54.2 Å². The van der Waals surface area contributed by atoms with Gasteiger partial charge in [0, 0.05) is 35.3 Å². The van der Waals surface area contributed by atoms with Crippen LogP contribution in [0.5, 0.6) is 0 Å². The Labute approximate surface area is 170 Å². The van der Waals surface area contributed by atoms with Crippen molar-refractivity contribution in [3.8, 4) is 0 Å². The van der Waals surface area contributed by atoms with Crippen LogP contribution in [0.15, 0.2) is 30.5 Å². The lowest BCUT2D eigenvalue weighted by atomic mass is 9.90. The van der Waals surface area contributed by atoms with E-state index in [4.69, 9.17) is 21.6 Å². The summed E-state index contributed by atoms with van der Waals surface area (Å²) in [6.45, 7) is 4.73. The number of piperidine rings is 1. The molecule has 0 bridgehead atoms. The van der Waals surface area contributed by atoms with Gasteiger partial charge in [-0.15, -0.1) is 0 Å². The van der Waals surface area contributed by atoms with Gasteiger partial charge in [0.1, 0.15) is 5.52 Å². The fourth-order valence-corrected chi connectivity index (χ4v) is 5.00. The first kappa shape index (κ1) is 18.1. The second-order valence-electron chi connectivity index (χ2n) is 8.02. The number of halogens is 1. The van der Waals surface area contributed by atoms with Crippen molar-refractivity contribution in [2.24, 2.45) is 0 Å². The zero-order valence-corrected chi connectivity index (χ0v) is 16.9. The molecule has 2 aliphatic heterocycles. The molecule has 1 saturated heterocycles. The Balaban J connectivity index is 1.60. The highest BCUT2D eigenvalue weighted by molar-refractivity contribution is 6.30. The average Bonchev–Trinajstić information content (AvgIpc) is 3.01. The first-order valence-corrected chi connectivity index (χ1v) is 10.5. The number of aliphatic hydroxyl groups is 1. The van der Waals surface area contributed by atoms with E-state index in [-0.39, 0.29) is 0 Å². The third kappa shape index (κ3) is 3.02. The van der Waals surface area contributed by atoms with Crippen molar-refractivity contribution < 1.29 is 5.11 Å². The van der Waals surface area contributed by atoms with E-state index in [2.05, 4.69) is 9.47 Å². The number of hydrogen-bond donors (Lipinski definition) is 1. The summed E-state index contributed by atoms with van der Waals surface area (Å²) in [7, 11) is 0. The highest BCUT2D eigenvalue weighted by atomic mass is 35.5. The molecule has 5 nitrogen and oxygen atoms in total. The van der Waals surface area contributed by atoms with Gasteiger partial charge in [0.15, 0.2) is 5.65 Å². The molecule has 0 aliphatic carbocycles. The molecule has 28 heavy (non-hydrogen) atoms. The number of aryl methyl sites for hydroxylation is 1. The van der Waals surface area contributed by atoms with Crippen molar-refractivity contribution in [1.82, 2.24) is 19.4 Å². The second-order valence-corrected chi connectivity index (χ2v) is 8.46. The summed E-state index contributed by atoms with van der Waals surface area (Å²) in [6.07, 6.45) is 5.93. The SMILES string of the molecule is Cc1cnc2c(n1)c1c(n2CC(O)c2ccc(Cl)cc2)CCN2CCCCC12. The minimum absolute atomic E-state index is 0.435. The van der Waals surface area contributed by atoms with Crippen molar-refractivity contribution in [3.63, 3.8) is 0 Å². The Kier molecular flexibility index (Phi) is 4.62. The van der Waals surface area contributed by atoms with Gasteiger partial charge in [-0.05, 0) is 44.0 Å². The summed E-state index contributed by atoms with van der Waals surface area (Å²) in [5.41, 5.74) is 6.39. The second kappa shape index (κ2) is 7.14. The standard InChI is InChI=1S/C22H25ClN4O/c1-14-12-24-22-21(25-14)20-17-4-2-3-10-26(17)11-9-18(20)27(22)13-19(28)15-5-7-16(23)8-6-15/h5-8,12,17,19,28H,2-4,9-11,13H2,1H3. The molecule has 2 atom stereocenters. The van der Waals surface area contributed by atoms with Crippen molar-refractivity contribution in [2.45, 2.75) is 51.3 Å². The van der Waals surface area contributed by atoms with Gasteiger partial charge in [-0.3, -0.25) is 4.90 Å². The van der Waals surface area contributed by atoms with Crippen LogP contribution in [-0.2, 0) is 13.0 Å². The normalized spacial score (nSPS) is 20.8. The van der Waals surface area contributed by atoms with Crippen LogP contribution in [0.2, 0.25) is 5.02 Å². The molecular weight excluding hydrogens is 372 g/mol. The molecular formula is C22H25ClN4O. The molecule has 1 N–H and O–H groups in total. The van der Waals surface area contributed by atoms with Crippen LogP contribution in [0.3, 0.4) is 0 Å². The predicted molar refractivity (Wildman–Crippen MR) is 111 cm³/mol. The summed E-state index contributed by atoms with van der Waals surface area (Å²) in [5, 5.41) is 11.6. The molecule has 2 aliphatic rings. The first-order chi connectivity index (χ1) is 13.6. The molecule has 6 heteroatoms. The molecule has 0 amide bonds. The number of fused-ring (bicyclic) bond motifs is 5. The van der Waals surface area contributed by atoms with Crippen LogP contribution in [0.4, 0.5) is 0 Å². The third-order valence-electron chi connectivity index (χ3n) is 6.21. The minimum Gasteiger partial charge on any atom is -0.387 e. The summed E-state index contributed by atoms with van der Waals surface area (Å²) < 4.78 is 2.21. The smallest absolute Gasteiger partial charge is 0.159 e. The van der Waals surface area contributed by atoms with E-state index in [0.29, 0.717) is 17.6 Å². The molecule has 0 spiro atoms. The van der Waals surface area contributed by atoms with Crippen LogP contribution in [0.25, 0.3) is 11.2 Å². The Bertz CT molecular complexity index is 1010. The zero-order valence-electron chi connectivity index (χ0n) is 16.1. The molecule has 146 valence electrons. The summed E-state index contributed by atoms with van der Waals surface area (Å²) in [6, 6.07) is 7.87. The van der Waals surface area contributed by atoms with Gasteiger partial charge in [0.25, 0.3) is 0 Å². The lowest BCUT2D eigenvalue weighted by Gasteiger charge is -2.39. The van der Waals surface area contributed by atoms with E-state index in [1.54, 1.807) is 0 Å². The number of benzene rings is 1. The average molecular weight is 397 g/mol. The lowest BCUT2D eigenvalue weighted by Crippen LogP contribution is -2.39. The van der Waals surface area contributed by atoms with E-state index >= 15 is 0 Å². The van der Waals surface area contributed by atoms with E-state index in [0.717, 1.165) is 35.4 Å². The van der Waals surface area contributed by atoms with Crippen LogP contribution in [0, 0.1) is 6.92 Å². The van der Waals surface area contributed by atoms with Crippen molar-refractivity contribution in [3.05, 3.63) is 58.0 Å². The van der Waals surface area contributed by atoms with Crippen molar-refractivity contribution in [1.29, 1.82) is 0 Å². The Morgan fingerprint density at radius 2 is 2.04 bits per heavy atom. The van der Waals surface area contributed by atoms with E-state index in [1.165, 1.54) is 37.1 Å². The van der Waals surface area contributed by atoms with Crippen LogP contribution >= 0.6 is 11.6 Å². The largest absolute Gasteiger partial charge is 0.387 e. The van der Waals surface area contributed by atoms with Crippen molar-refractivity contribution in [2.75, 3.05) is 13.1 Å². The zero-order chi connectivity index (χ0) is 19.3. The summed E-state index contributed by atoms with van der Waals surface area (Å²) >= 11 is 6.00. The first-order valence-electron chi connectivity index (χ1n) is 10.1. The molecule has 4 heterocycles. The van der Waals surface area contributed by atoms with Crippen LogP contribution in [-0.4, -0.2) is 37.6 Å². The molecule has 2 aromatic heterocycles. The Morgan fingerprint density at radius 3 is 2.86 bits per heavy atom. The van der Waals surface area contributed by atoms with Gasteiger partial charge in [-0.1, -0.05) is 30.2 Å². The third-order valence-corrected chi connectivity index (χ3v) is 6.47. The molecule has 2 unspecified atom stereocenters. The Hall–Kier alpha value is -1.95. The fraction of sp³-hybridized carbons (Fsp3) is 0.455. The number of hydrogen-bond acceptors (Lipinski definition) is 4. The maximum absolute atomic E-state index is 10.9. The Morgan fingerprint density at radius 1 is 1.21 bits per heavy atom. The van der Waals surface area contributed by atoms with Crippen LogP contribution in [0.1, 0.15) is 53.9 Å². The van der Waals surface area contributed by atoms with Gasteiger partial charge in [0.05, 0.1) is 24.5 Å². The molecule has 5 rings (SSSR count). The van der Waals surface area contributed by atoms with Gasteiger partial charge < -0.3 is 9.67 Å². The predicted octanol–water partition coefficient (Wildman–Crippen LogP) is 4.21. The van der Waals surface area contributed by atoms with Gasteiger partial charge in [-0.2, -0.15) is 0 Å². The number of aliphatic hydroxyl groups excluding tert-OH is 1. The molecule has 0 radical (unpaired) electrons. The van der Waals surface area contributed by atoms with Gasteiger partial charge in [0.2, 0.25) is 0 Å². The summed E-state index contributed by atoms with van der Waals surface area (Å²) in [4.78, 5) is 12.2. The number of rotatable bonds is 3. The van der Waals surface area contributed by atoms with Crippen molar-refractivity contribution >= 4 is 22.8 Å². The molecule has 3 aromatic rings. The lowest BCUT2D eigenvalue weighted by molar-refractivity contribution is 0.133. The molecule has 1 fully saturated rings. The maximum atomic E-state index is 10.9. The molecule has 1 aromatic carbocycles. The highest BCUT2D eigenvalue weighted by Gasteiger charge is 2.35. The quantitative estimate of drug-likeness (QED) is 0.720. The van der Waals surface area contributed by atoms with E-state index in [1.807, 2.05) is 37.4 Å². The van der Waals surface area contributed by atoms with Gasteiger partial charge in [-0.25, -0.2) is 9.97 Å². The summed E-state index contributed by atoms with van der Waals surface area (Å²) in [5.74, 6) is 0. The maximum Gasteiger partial charge on any atom is 0.159 e.